The SMILES string of the molecule is CC(=O)NCc1ccc(-c2ccc(C(C)C)s2)cc1. The van der Waals surface area contributed by atoms with Crippen LogP contribution in [0.1, 0.15) is 37.1 Å². The van der Waals surface area contributed by atoms with E-state index in [4.69, 9.17) is 0 Å². The molecule has 19 heavy (non-hydrogen) atoms. The second-order valence-corrected chi connectivity index (χ2v) is 6.08. The van der Waals surface area contributed by atoms with Gasteiger partial charge in [-0.05, 0) is 29.2 Å². The first-order valence-corrected chi connectivity index (χ1v) is 7.31. The number of nitrogens with one attached hydrogen (secondary N) is 1. The van der Waals surface area contributed by atoms with Gasteiger partial charge in [-0.3, -0.25) is 4.79 Å². The number of hydrogen-bond donors (Lipinski definition) is 1. The number of hydrogen-bond acceptors (Lipinski definition) is 2. The van der Waals surface area contributed by atoms with Crippen LogP contribution in [0.2, 0.25) is 0 Å². The van der Waals surface area contributed by atoms with Crippen molar-refractivity contribution in [2.24, 2.45) is 0 Å². The Labute approximate surface area is 118 Å². The summed E-state index contributed by atoms with van der Waals surface area (Å²) in [6.07, 6.45) is 0. The molecule has 0 unspecified atom stereocenters. The number of carbonyl (C=O) groups excluding carboxylic acids is 1. The highest BCUT2D eigenvalue weighted by Gasteiger charge is 2.05. The molecule has 0 fully saturated rings. The largest absolute Gasteiger partial charge is 0.352 e. The smallest absolute Gasteiger partial charge is 0.217 e. The van der Waals surface area contributed by atoms with Crippen LogP contribution < -0.4 is 5.32 Å². The van der Waals surface area contributed by atoms with Crippen LogP contribution in [0.5, 0.6) is 0 Å². The van der Waals surface area contributed by atoms with E-state index < -0.39 is 0 Å². The van der Waals surface area contributed by atoms with Crippen LogP contribution in [0, 0.1) is 0 Å². The number of carbonyl (C=O) groups is 1. The van der Waals surface area contributed by atoms with E-state index in [0.717, 1.165) is 5.56 Å². The first-order chi connectivity index (χ1) is 9.06. The van der Waals surface area contributed by atoms with E-state index in [1.165, 1.54) is 22.2 Å². The van der Waals surface area contributed by atoms with E-state index in [9.17, 15) is 4.79 Å². The Balaban J connectivity index is 2.10. The first-order valence-electron chi connectivity index (χ1n) is 6.49. The Morgan fingerprint density at radius 1 is 1.16 bits per heavy atom. The van der Waals surface area contributed by atoms with E-state index in [2.05, 4.69) is 55.6 Å². The molecule has 100 valence electrons. The van der Waals surface area contributed by atoms with Crippen molar-refractivity contribution in [2.45, 2.75) is 33.2 Å². The molecular formula is C16H19NOS. The first kappa shape index (κ1) is 13.8. The molecule has 0 radical (unpaired) electrons. The Hall–Kier alpha value is -1.61. The molecule has 1 heterocycles. The van der Waals surface area contributed by atoms with Crippen LogP contribution in [0.3, 0.4) is 0 Å². The molecule has 0 saturated heterocycles. The summed E-state index contributed by atoms with van der Waals surface area (Å²) in [5.41, 5.74) is 2.36. The minimum Gasteiger partial charge on any atom is -0.352 e. The second kappa shape index (κ2) is 6.02. The summed E-state index contributed by atoms with van der Waals surface area (Å²) in [6, 6.07) is 12.8. The summed E-state index contributed by atoms with van der Waals surface area (Å²) >= 11 is 1.85. The molecule has 0 atom stereocenters. The minimum absolute atomic E-state index is 0.00362. The van der Waals surface area contributed by atoms with Gasteiger partial charge in [-0.1, -0.05) is 38.1 Å². The average Bonchev–Trinajstić information content (AvgIpc) is 2.86. The average molecular weight is 273 g/mol. The molecule has 1 aromatic carbocycles. The molecule has 0 bridgehead atoms. The lowest BCUT2D eigenvalue weighted by Crippen LogP contribution is -2.18. The molecule has 0 spiro atoms. The fraction of sp³-hybridized carbons (Fsp3) is 0.312. The van der Waals surface area contributed by atoms with Crippen molar-refractivity contribution in [3.05, 3.63) is 46.8 Å². The third-order valence-corrected chi connectivity index (χ3v) is 4.41. The van der Waals surface area contributed by atoms with Crippen LogP contribution in [-0.4, -0.2) is 5.91 Å². The van der Waals surface area contributed by atoms with Crippen molar-refractivity contribution in [3.8, 4) is 10.4 Å². The highest BCUT2D eigenvalue weighted by atomic mass is 32.1. The lowest BCUT2D eigenvalue weighted by molar-refractivity contribution is -0.119. The van der Waals surface area contributed by atoms with Crippen LogP contribution in [0.15, 0.2) is 36.4 Å². The van der Waals surface area contributed by atoms with E-state index in [0.29, 0.717) is 12.5 Å². The van der Waals surface area contributed by atoms with E-state index >= 15 is 0 Å². The maximum Gasteiger partial charge on any atom is 0.217 e. The van der Waals surface area contributed by atoms with Gasteiger partial charge in [-0.2, -0.15) is 0 Å². The molecule has 1 amide bonds. The lowest BCUT2D eigenvalue weighted by Gasteiger charge is -2.04. The molecule has 2 rings (SSSR count). The Morgan fingerprint density at radius 2 is 1.84 bits per heavy atom. The number of thiophene rings is 1. The Morgan fingerprint density at radius 3 is 2.37 bits per heavy atom. The zero-order valence-corrected chi connectivity index (χ0v) is 12.4. The molecule has 0 aliphatic rings. The third kappa shape index (κ3) is 3.67. The maximum absolute atomic E-state index is 10.9. The summed E-state index contributed by atoms with van der Waals surface area (Å²) in [4.78, 5) is 13.6. The van der Waals surface area contributed by atoms with Gasteiger partial charge in [0.2, 0.25) is 5.91 Å². The van der Waals surface area contributed by atoms with Crippen LogP contribution >= 0.6 is 11.3 Å². The standard InChI is InChI=1S/C16H19NOS/c1-11(2)15-8-9-16(19-15)14-6-4-13(5-7-14)10-17-12(3)18/h4-9,11H,10H2,1-3H3,(H,17,18). The predicted octanol–water partition coefficient (Wildman–Crippen LogP) is 4.17. The maximum atomic E-state index is 10.9. The van der Waals surface area contributed by atoms with Gasteiger partial charge in [0.25, 0.3) is 0 Å². The number of benzene rings is 1. The van der Waals surface area contributed by atoms with Gasteiger partial charge in [0.15, 0.2) is 0 Å². The second-order valence-electron chi connectivity index (χ2n) is 4.96. The third-order valence-electron chi connectivity index (χ3n) is 2.98. The van der Waals surface area contributed by atoms with Gasteiger partial charge >= 0.3 is 0 Å². The minimum atomic E-state index is 0.00362. The monoisotopic (exact) mass is 273 g/mol. The molecule has 3 heteroatoms. The quantitative estimate of drug-likeness (QED) is 0.889. The van der Waals surface area contributed by atoms with Crippen molar-refractivity contribution >= 4 is 17.2 Å². The molecule has 0 saturated carbocycles. The molecule has 1 aromatic heterocycles. The molecule has 2 nitrogen and oxygen atoms in total. The van der Waals surface area contributed by atoms with Gasteiger partial charge in [0, 0.05) is 23.2 Å². The number of rotatable bonds is 4. The van der Waals surface area contributed by atoms with Crippen molar-refractivity contribution in [1.29, 1.82) is 0 Å². The molecule has 0 aliphatic carbocycles. The molecule has 1 N–H and O–H groups in total. The summed E-state index contributed by atoms with van der Waals surface area (Å²) in [5.74, 6) is 0.585. The summed E-state index contributed by atoms with van der Waals surface area (Å²) < 4.78 is 0. The predicted molar refractivity (Wildman–Crippen MR) is 81.4 cm³/mol. The van der Waals surface area contributed by atoms with Gasteiger partial charge in [0.1, 0.15) is 0 Å². The highest BCUT2D eigenvalue weighted by molar-refractivity contribution is 7.15. The Bertz CT molecular complexity index is 554. The van der Waals surface area contributed by atoms with Crippen LogP contribution in [-0.2, 0) is 11.3 Å². The van der Waals surface area contributed by atoms with Gasteiger partial charge in [-0.25, -0.2) is 0 Å². The van der Waals surface area contributed by atoms with Crippen molar-refractivity contribution in [2.75, 3.05) is 0 Å². The molecule has 0 aliphatic heterocycles. The van der Waals surface area contributed by atoms with Gasteiger partial charge in [-0.15, -0.1) is 11.3 Å². The van der Waals surface area contributed by atoms with E-state index in [1.54, 1.807) is 0 Å². The van der Waals surface area contributed by atoms with Crippen molar-refractivity contribution < 1.29 is 4.79 Å². The fourth-order valence-electron chi connectivity index (χ4n) is 1.83. The van der Waals surface area contributed by atoms with E-state index in [-0.39, 0.29) is 5.91 Å². The Kier molecular flexibility index (Phi) is 4.38. The molecular weight excluding hydrogens is 254 g/mol. The van der Waals surface area contributed by atoms with Crippen molar-refractivity contribution in [3.63, 3.8) is 0 Å². The zero-order chi connectivity index (χ0) is 13.8. The summed E-state index contributed by atoms with van der Waals surface area (Å²) in [6.45, 7) is 6.56. The van der Waals surface area contributed by atoms with Crippen LogP contribution in [0.25, 0.3) is 10.4 Å². The highest BCUT2D eigenvalue weighted by Crippen LogP contribution is 2.31. The lowest BCUT2D eigenvalue weighted by atomic mass is 10.1. The topological polar surface area (TPSA) is 29.1 Å². The summed E-state index contributed by atoms with van der Waals surface area (Å²) in [7, 11) is 0. The van der Waals surface area contributed by atoms with E-state index in [1.807, 2.05) is 11.3 Å². The number of amides is 1. The van der Waals surface area contributed by atoms with Gasteiger partial charge < -0.3 is 5.32 Å². The zero-order valence-electron chi connectivity index (χ0n) is 11.6. The molecule has 2 aromatic rings. The van der Waals surface area contributed by atoms with Gasteiger partial charge in [0.05, 0.1) is 0 Å². The summed E-state index contributed by atoms with van der Waals surface area (Å²) in [5, 5.41) is 2.80. The normalized spacial score (nSPS) is 10.7. The van der Waals surface area contributed by atoms with Crippen LogP contribution in [0.4, 0.5) is 0 Å². The fourth-order valence-corrected chi connectivity index (χ4v) is 2.85. The van der Waals surface area contributed by atoms with Crippen molar-refractivity contribution in [1.82, 2.24) is 5.32 Å².